The van der Waals surface area contributed by atoms with Crippen LogP contribution >= 0.6 is 0 Å². The van der Waals surface area contributed by atoms with E-state index < -0.39 is 10.0 Å². The molecule has 0 saturated carbocycles. The summed E-state index contributed by atoms with van der Waals surface area (Å²) in [4.78, 5) is 0.275. The number of hydrogen-bond donors (Lipinski definition) is 1. The summed E-state index contributed by atoms with van der Waals surface area (Å²) in [5, 5.41) is 7.40. The maximum Gasteiger partial charge on any atom is 0.245 e. The predicted octanol–water partition coefficient (Wildman–Crippen LogP) is 1.69. The summed E-state index contributed by atoms with van der Waals surface area (Å²) in [5.41, 5.74) is 0. The number of rotatable bonds is 11. The monoisotopic (exact) mass is 316 g/mol. The van der Waals surface area contributed by atoms with Crippen LogP contribution in [0.3, 0.4) is 0 Å². The van der Waals surface area contributed by atoms with Crippen molar-refractivity contribution in [1.82, 2.24) is 19.4 Å². The van der Waals surface area contributed by atoms with Crippen LogP contribution in [0.5, 0.6) is 0 Å². The largest absolute Gasteiger partial charge is 0.315 e. The molecule has 122 valence electrons. The van der Waals surface area contributed by atoms with Gasteiger partial charge in [-0.25, -0.2) is 12.7 Å². The fourth-order valence-corrected chi connectivity index (χ4v) is 3.14. The van der Waals surface area contributed by atoms with Crippen LogP contribution in [0, 0.1) is 0 Å². The summed E-state index contributed by atoms with van der Waals surface area (Å²) in [6.07, 6.45) is 7.14. The van der Waals surface area contributed by atoms with Crippen molar-refractivity contribution in [2.75, 3.05) is 26.7 Å². The summed E-state index contributed by atoms with van der Waals surface area (Å²) >= 11 is 0. The summed E-state index contributed by atoms with van der Waals surface area (Å²) in [6.45, 7) is 7.20. The highest BCUT2D eigenvalue weighted by atomic mass is 32.2. The van der Waals surface area contributed by atoms with Gasteiger partial charge in [-0.2, -0.15) is 5.10 Å². The number of unbranched alkanes of at least 4 members (excludes halogenated alkanes) is 2. The third-order valence-corrected chi connectivity index (χ3v) is 5.15. The number of nitrogens with zero attached hydrogens (tertiary/aromatic N) is 3. The smallest absolute Gasteiger partial charge is 0.245 e. The van der Waals surface area contributed by atoms with Crippen molar-refractivity contribution in [3.05, 3.63) is 12.4 Å². The molecule has 0 fully saturated rings. The van der Waals surface area contributed by atoms with Gasteiger partial charge in [0.1, 0.15) is 4.90 Å². The van der Waals surface area contributed by atoms with E-state index in [0.717, 1.165) is 38.8 Å². The first kappa shape index (κ1) is 18.1. The molecule has 1 N–H and O–H groups in total. The molecule has 0 aromatic carbocycles. The Balaban J connectivity index is 2.56. The first-order valence-corrected chi connectivity index (χ1v) is 9.15. The first-order chi connectivity index (χ1) is 10.0. The number of aromatic nitrogens is 2. The summed E-state index contributed by atoms with van der Waals surface area (Å²) in [7, 11) is -1.77. The van der Waals surface area contributed by atoms with Crippen molar-refractivity contribution in [3.63, 3.8) is 0 Å². The predicted molar refractivity (Wildman–Crippen MR) is 84.7 cm³/mol. The molecule has 0 aliphatic heterocycles. The Kier molecular flexibility index (Phi) is 7.92. The van der Waals surface area contributed by atoms with Crippen LogP contribution in [-0.4, -0.2) is 49.2 Å². The van der Waals surface area contributed by atoms with Gasteiger partial charge in [0, 0.05) is 26.3 Å². The normalized spacial score (nSPS) is 12.2. The Morgan fingerprint density at radius 1 is 1.24 bits per heavy atom. The minimum atomic E-state index is -3.40. The van der Waals surface area contributed by atoms with Gasteiger partial charge in [0.05, 0.1) is 12.7 Å². The lowest BCUT2D eigenvalue weighted by Crippen LogP contribution is -2.27. The van der Waals surface area contributed by atoms with E-state index in [0.29, 0.717) is 13.1 Å². The third kappa shape index (κ3) is 5.76. The molecule has 0 bridgehead atoms. The minimum absolute atomic E-state index is 0.275. The zero-order valence-corrected chi connectivity index (χ0v) is 14.2. The van der Waals surface area contributed by atoms with Crippen LogP contribution in [0.25, 0.3) is 0 Å². The molecule has 1 rings (SSSR count). The molecule has 0 unspecified atom stereocenters. The van der Waals surface area contributed by atoms with Crippen molar-refractivity contribution >= 4 is 10.0 Å². The minimum Gasteiger partial charge on any atom is -0.315 e. The third-order valence-electron chi connectivity index (χ3n) is 3.34. The highest BCUT2D eigenvalue weighted by Gasteiger charge is 2.21. The molecule has 0 atom stereocenters. The molecular weight excluding hydrogens is 288 g/mol. The standard InChI is InChI=1S/C14H28N4O2S/c1-4-6-7-10-17(3)21(19,20)14-12-16-18(13-14)11-9-15-8-5-2/h12-13,15H,4-11H2,1-3H3. The van der Waals surface area contributed by atoms with Gasteiger partial charge in [0.2, 0.25) is 10.0 Å². The molecule has 21 heavy (non-hydrogen) atoms. The first-order valence-electron chi connectivity index (χ1n) is 7.71. The Labute approximate surface area is 128 Å². The molecule has 1 aromatic rings. The summed E-state index contributed by atoms with van der Waals surface area (Å²) in [5.74, 6) is 0. The fourth-order valence-electron chi connectivity index (χ4n) is 1.98. The second kappa shape index (κ2) is 9.17. The van der Waals surface area contributed by atoms with Gasteiger partial charge in [-0.3, -0.25) is 4.68 Å². The van der Waals surface area contributed by atoms with Gasteiger partial charge in [-0.05, 0) is 19.4 Å². The Bertz CT molecular complexity index is 499. The summed E-state index contributed by atoms with van der Waals surface area (Å²) in [6, 6.07) is 0. The van der Waals surface area contributed by atoms with E-state index in [2.05, 4.69) is 24.3 Å². The molecule has 0 saturated heterocycles. The molecule has 0 radical (unpaired) electrons. The lowest BCUT2D eigenvalue weighted by Gasteiger charge is -2.15. The lowest BCUT2D eigenvalue weighted by atomic mass is 10.2. The maximum absolute atomic E-state index is 12.4. The highest BCUT2D eigenvalue weighted by molar-refractivity contribution is 7.89. The lowest BCUT2D eigenvalue weighted by molar-refractivity contribution is 0.454. The SMILES string of the molecule is CCCCCN(C)S(=O)(=O)c1cnn(CCNCCC)c1. The molecular formula is C14H28N4O2S. The topological polar surface area (TPSA) is 67.2 Å². The average Bonchev–Trinajstić information content (AvgIpc) is 2.93. The van der Waals surface area contributed by atoms with Gasteiger partial charge in [-0.15, -0.1) is 0 Å². The van der Waals surface area contributed by atoms with Crippen molar-refractivity contribution in [1.29, 1.82) is 0 Å². The van der Waals surface area contributed by atoms with E-state index in [4.69, 9.17) is 0 Å². The van der Waals surface area contributed by atoms with Crippen LogP contribution in [-0.2, 0) is 16.6 Å². The zero-order chi connectivity index (χ0) is 15.7. The van der Waals surface area contributed by atoms with Crippen LogP contribution in [0.4, 0.5) is 0 Å². The van der Waals surface area contributed by atoms with Crippen LogP contribution in [0.1, 0.15) is 39.5 Å². The van der Waals surface area contributed by atoms with Crippen molar-refractivity contribution in [2.45, 2.75) is 51.0 Å². The molecule has 0 aliphatic rings. The maximum atomic E-state index is 12.4. The van der Waals surface area contributed by atoms with Crippen molar-refractivity contribution in [3.8, 4) is 0 Å². The van der Waals surface area contributed by atoms with E-state index in [1.54, 1.807) is 17.9 Å². The Hall–Kier alpha value is -0.920. The average molecular weight is 316 g/mol. The molecule has 0 spiro atoms. The van der Waals surface area contributed by atoms with Crippen molar-refractivity contribution in [2.24, 2.45) is 0 Å². The molecule has 0 amide bonds. The molecule has 1 heterocycles. The molecule has 1 aromatic heterocycles. The van der Waals surface area contributed by atoms with E-state index in [1.165, 1.54) is 10.5 Å². The van der Waals surface area contributed by atoms with Gasteiger partial charge < -0.3 is 5.32 Å². The van der Waals surface area contributed by atoms with Crippen LogP contribution in [0.2, 0.25) is 0 Å². The Morgan fingerprint density at radius 3 is 2.67 bits per heavy atom. The molecule has 7 heteroatoms. The quantitative estimate of drug-likeness (QED) is 0.631. The second-order valence-corrected chi connectivity index (χ2v) is 7.27. The van der Waals surface area contributed by atoms with Crippen LogP contribution in [0.15, 0.2) is 17.3 Å². The van der Waals surface area contributed by atoms with E-state index >= 15 is 0 Å². The van der Waals surface area contributed by atoms with E-state index in [1.807, 2.05) is 0 Å². The number of sulfonamides is 1. The van der Waals surface area contributed by atoms with Gasteiger partial charge in [0.15, 0.2) is 0 Å². The Morgan fingerprint density at radius 2 is 2.00 bits per heavy atom. The summed E-state index contributed by atoms with van der Waals surface area (Å²) < 4.78 is 27.8. The van der Waals surface area contributed by atoms with Gasteiger partial charge >= 0.3 is 0 Å². The molecule has 0 aliphatic carbocycles. The number of nitrogens with one attached hydrogen (secondary N) is 1. The van der Waals surface area contributed by atoms with Gasteiger partial charge in [-0.1, -0.05) is 26.7 Å². The fraction of sp³-hybridized carbons (Fsp3) is 0.786. The highest BCUT2D eigenvalue weighted by Crippen LogP contribution is 2.14. The van der Waals surface area contributed by atoms with E-state index in [-0.39, 0.29) is 4.90 Å². The number of hydrogen-bond acceptors (Lipinski definition) is 4. The van der Waals surface area contributed by atoms with E-state index in [9.17, 15) is 8.42 Å². The zero-order valence-electron chi connectivity index (χ0n) is 13.4. The molecule has 6 nitrogen and oxygen atoms in total. The second-order valence-electron chi connectivity index (χ2n) is 5.22. The van der Waals surface area contributed by atoms with Crippen LogP contribution < -0.4 is 5.32 Å². The van der Waals surface area contributed by atoms with Crippen molar-refractivity contribution < 1.29 is 8.42 Å². The van der Waals surface area contributed by atoms with Gasteiger partial charge in [0.25, 0.3) is 0 Å².